The highest BCUT2D eigenvalue weighted by molar-refractivity contribution is 14.1. The van der Waals surface area contributed by atoms with Crippen molar-refractivity contribution in [2.24, 2.45) is 0 Å². The molecule has 1 aliphatic rings. The molecule has 1 aliphatic carbocycles. The summed E-state index contributed by atoms with van der Waals surface area (Å²) < 4.78 is 0.0470. The Morgan fingerprint density at radius 3 is 2.91 bits per heavy atom. The van der Waals surface area contributed by atoms with E-state index in [2.05, 4.69) is 4.98 Å². The molecule has 0 amide bonds. The first-order valence-electron chi connectivity index (χ1n) is 3.42. The van der Waals surface area contributed by atoms with Crippen molar-refractivity contribution >= 4 is 37.7 Å². The predicted octanol–water partition coefficient (Wildman–Crippen LogP) is 2.60. The van der Waals surface area contributed by atoms with Crippen molar-refractivity contribution in [2.45, 2.75) is 18.8 Å². The molecule has 1 aromatic heterocycles. The van der Waals surface area contributed by atoms with Gasteiger partial charge >= 0.3 is 0 Å². The van der Waals surface area contributed by atoms with Crippen LogP contribution in [0.15, 0.2) is 5.38 Å². The maximum Gasteiger partial charge on any atom is 0.241 e. The molecule has 0 aromatic carbocycles. The van der Waals surface area contributed by atoms with Crippen molar-refractivity contribution < 1.29 is 4.79 Å². The summed E-state index contributed by atoms with van der Waals surface area (Å²) in [6.07, 6.45) is 2.50. The summed E-state index contributed by atoms with van der Waals surface area (Å²) in [5, 5.41) is 2.99. The van der Waals surface area contributed by atoms with Crippen molar-refractivity contribution in [3.05, 3.63) is 16.1 Å². The van der Waals surface area contributed by atoms with E-state index in [-0.39, 0.29) is 3.79 Å². The highest BCUT2D eigenvalue weighted by Gasteiger charge is 2.27. The lowest BCUT2D eigenvalue weighted by atomic mass is 10.4. The van der Waals surface area contributed by atoms with Gasteiger partial charge in [0.05, 0.1) is 5.01 Å². The Morgan fingerprint density at radius 1 is 1.73 bits per heavy atom. The van der Waals surface area contributed by atoms with Crippen LogP contribution in [-0.2, 0) is 0 Å². The van der Waals surface area contributed by atoms with Gasteiger partial charge in [-0.15, -0.1) is 11.3 Å². The molecule has 1 saturated carbocycles. The molecule has 2 rings (SSSR count). The number of hydrogen-bond acceptors (Lipinski definition) is 3. The summed E-state index contributed by atoms with van der Waals surface area (Å²) in [6.45, 7) is 0. The molecule has 0 N–H and O–H groups in total. The molecule has 1 fully saturated rings. The first-order valence-corrected chi connectivity index (χ1v) is 5.38. The molecular weight excluding hydrogens is 273 g/mol. The third-order valence-electron chi connectivity index (χ3n) is 1.65. The topological polar surface area (TPSA) is 30.0 Å². The van der Waals surface area contributed by atoms with Crippen LogP contribution in [0.25, 0.3) is 0 Å². The van der Waals surface area contributed by atoms with Gasteiger partial charge in [-0.05, 0) is 12.8 Å². The minimum atomic E-state index is 0.0470. The van der Waals surface area contributed by atoms with Crippen LogP contribution in [0.2, 0.25) is 0 Å². The van der Waals surface area contributed by atoms with Crippen molar-refractivity contribution in [3.63, 3.8) is 0 Å². The minimum Gasteiger partial charge on any atom is -0.280 e. The van der Waals surface area contributed by atoms with E-state index in [1.807, 2.05) is 5.38 Å². The molecule has 11 heavy (non-hydrogen) atoms. The molecule has 0 aliphatic heterocycles. The lowest BCUT2D eigenvalue weighted by Crippen LogP contribution is -1.87. The SMILES string of the molecule is O=C(I)c1csc(C2CC2)n1. The average Bonchev–Trinajstić information content (AvgIpc) is 2.68. The van der Waals surface area contributed by atoms with Gasteiger partial charge < -0.3 is 0 Å². The zero-order chi connectivity index (χ0) is 7.84. The number of rotatable bonds is 2. The molecule has 0 saturated heterocycles. The van der Waals surface area contributed by atoms with E-state index in [4.69, 9.17) is 0 Å². The fraction of sp³-hybridized carbons (Fsp3) is 0.429. The van der Waals surface area contributed by atoms with Gasteiger partial charge in [0.25, 0.3) is 0 Å². The molecule has 58 valence electrons. The van der Waals surface area contributed by atoms with Crippen LogP contribution in [0.4, 0.5) is 0 Å². The van der Waals surface area contributed by atoms with E-state index in [1.165, 1.54) is 12.8 Å². The molecule has 0 radical (unpaired) electrons. The number of halogens is 1. The van der Waals surface area contributed by atoms with E-state index in [1.54, 1.807) is 33.9 Å². The Hall–Kier alpha value is 0.0300. The maximum atomic E-state index is 10.8. The van der Waals surface area contributed by atoms with Gasteiger partial charge in [-0.3, -0.25) is 4.79 Å². The Morgan fingerprint density at radius 2 is 2.45 bits per heavy atom. The average molecular weight is 279 g/mol. The van der Waals surface area contributed by atoms with Crippen LogP contribution in [0.1, 0.15) is 34.3 Å². The monoisotopic (exact) mass is 279 g/mol. The zero-order valence-corrected chi connectivity index (χ0v) is 8.68. The number of aromatic nitrogens is 1. The van der Waals surface area contributed by atoms with Crippen molar-refractivity contribution in [3.8, 4) is 0 Å². The third kappa shape index (κ3) is 1.61. The normalized spacial score (nSPS) is 16.8. The molecule has 0 atom stereocenters. The zero-order valence-electron chi connectivity index (χ0n) is 5.71. The molecule has 0 spiro atoms. The fourth-order valence-corrected chi connectivity index (χ4v) is 2.35. The first kappa shape index (κ1) is 7.67. The largest absolute Gasteiger partial charge is 0.280 e. The standard InChI is InChI=1S/C7H6INOS/c8-6(10)5-3-11-7(9-5)4-1-2-4/h3-4H,1-2H2. The van der Waals surface area contributed by atoms with Gasteiger partial charge in [0, 0.05) is 33.9 Å². The van der Waals surface area contributed by atoms with Gasteiger partial charge in [-0.2, -0.15) is 0 Å². The maximum absolute atomic E-state index is 10.8. The number of carbonyl (C=O) groups excluding carboxylic acids is 1. The lowest BCUT2D eigenvalue weighted by molar-refractivity contribution is 0.110. The van der Waals surface area contributed by atoms with E-state index in [0.717, 1.165) is 5.01 Å². The van der Waals surface area contributed by atoms with Crippen molar-refractivity contribution in [1.29, 1.82) is 0 Å². The number of nitrogens with zero attached hydrogens (tertiary/aromatic N) is 1. The summed E-state index contributed by atoms with van der Waals surface area (Å²) >= 11 is 3.38. The van der Waals surface area contributed by atoms with Crippen LogP contribution < -0.4 is 0 Å². The molecule has 0 unspecified atom stereocenters. The van der Waals surface area contributed by atoms with Gasteiger partial charge in [0.15, 0.2) is 0 Å². The van der Waals surface area contributed by atoms with E-state index in [0.29, 0.717) is 11.6 Å². The van der Waals surface area contributed by atoms with Crippen LogP contribution in [0.5, 0.6) is 0 Å². The second-order valence-corrected chi connectivity index (χ2v) is 4.49. The van der Waals surface area contributed by atoms with Gasteiger partial charge in [-0.25, -0.2) is 4.98 Å². The Bertz CT molecular complexity index is 292. The highest BCUT2D eigenvalue weighted by Crippen LogP contribution is 2.41. The smallest absolute Gasteiger partial charge is 0.241 e. The quantitative estimate of drug-likeness (QED) is 0.615. The van der Waals surface area contributed by atoms with E-state index < -0.39 is 0 Å². The number of hydrogen-bond donors (Lipinski definition) is 0. The van der Waals surface area contributed by atoms with E-state index in [9.17, 15) is 4.79 Å². The molecule has 1 heterocycles. The van der Waals surface area contributed by atoms with Gasteiger partial charge in [-0.1, -0.05) is 0 Å². The molecule has 2 nitrogen and oxygen atoms in total. The summed E-state index contributed by atoms with van der Waals surface area (Å²) in [5.41, 5.74) is 0.623. The number of thiazole rings is 1. The highest BCUT2D eigenvalue weighted by atomic mass is 127. The molecule has 4 heteroatoms. The van der Waals surface area contributed by atoms with Crippen LogP contribution >= 0.6 is 33.9 Å². The third-order valence-corrected chi connectivity index (χ3v) is 3.21. The summed E-state index contributed by atoms with van der Waals surface area (Å²) in [6, 6.07) is 0. The van der Waals surface area contributed by atoms with Gasteiger partial charge in [0.2, 0.25) is 3.79 Å². The summed E-state index contributed by atoms with van der Waals surface area (Å²) in [4.78, 5) is 15.1. The van der Waals surface area contributed by atoms with Crippen LogP contribution in [0, 0.1) is 0 Å². The second kappa shape index (κ2) is 2.82. The molecule has 0 bridgehead atoms. The second-order valence-electron chi connectivity index (χ2n) is 2.62. The number of carbonyl (C=O) groups is 1. The van der Waals surface area contributed by atoms with Crippen LogP contribution in [-0.4, -0.2) is 8.77 Å². The van der Waals surface area contributed by atoms with Crippen LogP contribution in [0.3, 0.4) is 0 Å². The Labute approximate surface area is 82.2 Å². The fourth-order valence-electron chi connectivity index (χ4n) is 0.896. The first-order chi connectivity index (χ1) is 5.27. The van der Waals surface area contributed by atoms with Crippen molar-refractivity contribution in [2.75, 3.05) is 0 Å². The lowest BCUT2D eigenvalue weighted by Gasteiger charge is -1.84. The van der Waals surface area contributed by atoms with Crippen molar-refractivity contribution in [1.82, 2.24) is 4.98 Å². The molecule has 1 aromatic rings. The minimum absolute atomic E-state index is 0.0470. The Balaban J connectivity index is 2.25. The van der Waals surface area contributed by atoms with E-state index >= 15 is 0 Å². The summed E-state index contributed by atoms with van der Waals surface area (Å²) in [5.74, 6) is 0.671. The predicted molar refractivity (Wildman–Crippen MR) is 52.4 cm³/mol. The summed E-state index contributed by atoms with van der Waals surface area (Å²) in [7, 11) is 0. The Kier molecular flexibility index (Phi) is 1.97. The van der Waals surface area contributed by atoms with Gasteiger partial charge in [0.1, 0.15) is 5.69 Å². The molecular formula is C7H6INOS.